The number of pyridine rings is 1. The van der Waals surface area contributed by atoms with E-state index >= 15 is 0 Å². The highest BCUT2D eigenvalue weighted by Gasteiger charge is 2.26. The molecular weight excluding hydrogens is 386 g/mol. The first-order valence-corrected chi connectivity index (χ1v) is 10.6. The number of hydrogen-bond acceptors (Lipinski definition) is 6. The molecule has 6 nitrogen and oxygen atoms in total. The third kappa shape index (κ3) is 4.31. The van der Waals surface area contributed by atoms with Crippen LogP contribution >= 0.6 is 11.3 Å². The van der Waals surface area contributed by atoms with Crippen molar-refractivity contribution in [1.29, 1.82) is 0 Å². The van der Waals surface area contributed by atoms with Crippen LogP contribution in [0, 0.1) is 0 Å². The number of carbonyl (C=O) groups is 2. The Morgan fingerprint density at radius 3 is 2.90 bits per heavy atom. The normalized spacial score (nSPS) is 13.8. The van der Waals surface area contributed by atoms with Crippen molar-refractivity contribution < 1.29 is 14.3 Å². The highest BCUT2D eigenvalue weighted by Crippen LogP contribution is 2.28. The second kappa shape index (κ2) is 8.71. The van der Waals surface area contributed by atoms with Gasteiger partial charge in [0, 0.05) is 41.0 Å². The SMILES string of the molecule is CCN1CCc2nc3ccccc3c(C(=O)OCC(=O)NCc3cccs3)c2C1. The van der Waals surface area contributed by atoms with Gasteiger partial charge in [-0.2, -0.15) is 0 Å². The predicted octanol–water partition coefficient (Wildman–Crippen LogP) is 3.15. The van der Waals surface area contributed by atoms with Gasteiger partial charge in [0.05, 0.1) is 17.6 Å². The maximum Gasteiger partial charge on any atom is 0.339 e. The van der Waals surface area contributed by atoms with Crippen molar-refractivity contribution in [2.45, 2.75) is 26.4 Å². The number of esters is 1. The van der Waals surface area contributed by atoms with E-state index in [4.69, 9.17) is 9.72 Å². The van der Waals surface area contributed by atoms with Crippen molar-refractivity contribution >= 4 is 34.1 Å². The lowest BCUT2D eigenvalue weighted by Gasteiger charge is -2.28. The Morgan fingerprint density at radius 2 is 2.10 bits per heavy atom. The van der Waals surface area contributed by atoms with Gasteiger partial charge in [0.25, 0.3) is 5.91 Å². The zero-order chi connectivity index (χ0) is 20.2. The van der Waals surface area contributed by atoms with Crippen LogP contribution in [-0.2, 0) is 29.0 Å². The van der Waals surface area contributed by atoms with E-state index in [1.165, 1.54) is 0 Å². The Balaban J connectivity index is 1.54. The van der Waals surface area contributed by atoms with E-state index in [0.29, 0.717) is 18.7 Å². The molecule has 0 unspecified atom stereocenters. The van der Waals surface area contributed by atoms with Crippen molar-refractivity contribution in [2.24, 2.45) is 0 Å². The van der Waals surface area contributed by atoms with Gasteiger partial charge in [0.1, 0.15) is 0 Å². The van der Waals surface area contributed by atoms with E-state index in [9.17, 15) is 9.59 Å². The third-order valence-electron chi connectivity index (χ3n) is 5.15. The van der Waals surface area contributed by atoms with Crippen LogP contribution in [-0.4, -0.2) is 41.5 Å². The molecule has 3 heterocycles. The van der Waals surface area contributed by atoms with Gasteiger partial charge in [0.2, 0.25) is 0 Å². The Bertz CT molecular complexity index is 1030. The number of nitrogens with zero attached hydrogens (tertiary/aromatic N) is 2. The van der Waals surface area contributed by atoms with E-state index in [-0.39, 0.29) is 12.5 Å². The molecule has 0 aliphatic carbocycles. The fraction of sp³-hybridized carbons (Fsp3) is 0.318. The molecule has 1 aromatic carbocycles. The molecule has 3 aromatic rings. The summed E-state index contributed by atoms with van der Waals surface area (Å²) in [4.78, 5) is 33.2. The average Bonchev–Trinajstić information content (AvgIpc) is 3.27. The Hall–Kier alpha value is -2.77. The molecule has 0 fully saturated rings. The van der Waals surface area contributed by atoms with Gasteiger partial charge in [0.15, 0.2) is 6.61 Å². The van der Waals surface area contributed by atoms with E-state index in [1.807, 2.05) is 41.8 Å². The molecule has 0 bridgehead atoms. The monoisotopic (exact) mass is 409 g/mol. The number of thiophene rings is 1. The number of para-hydroxylation sites is 1. The number of aromatic nitrogens is 1. The molecule has 2 aromatic heterocycles. The first-order chi connectivity index (χ1) is 14.2. The van der Waals surface area contributed by atoms with Crippen molar-refractivity contribution in [3.8, 4) is 0 Å². The number of benzene rings is 1. The van der Waals surface area contributed by atoms with Crippen LogP contribution in [0.1, 0.15) is 33.4 Å². The van der Waals surface area contributed by atoms with Crippen LogP contribution in [0.3, 0.4) is 0 Å². The first kappa shape index (κ1) is 19.5. The Labute approximate surface area is 173 Å². The molecule has 1 aliphatic heterocycles. The fourth-order valence-corrected chi connectivity index (χ4v) is 4.25. The zero-order valence-corrected chi connectivity index (χ0v) is 17.1. The van der Waals surface area contributed by atoms with Gasteiger partial charge in [-0.15, -0.1) is 11.3 Å². The van der Waals surface area contributed by atoms with Crippen LogP contribution in [0.4, 0.5) is 0 Å². The lowest BCUT2D eigenvalue weighted by molar-refractivity contribution is -0.124. The molecule has 1 N–H and O–H groups in total. The number of ether oxygens (including phenoxy) is 1. The second-order valence-electron chi connectivity index (χ2n) is 6.98. The minimum absolute atomic E-state index is 0.298. The van der Waals surface area contributed by atoms with Gasteiger partial charge in [-0.25, -0.2) is 4.79 Å². The van der Waals surface area contributed by atoms with Crippen LogP contribution in [0.5, 0.6) is 0 Å². The van der Waals surface area contributed by atoms with Gasteiger partial charge in [-0.1, -0.05) is 31.2 Å². The van der Waals surface area contributed by atoms with Crippen LogP contribution in [0.2, 0.25) is 0 Å². The standard InChI is InChI=1S/C22H23N3O3S/c1-2-25-10-9-19-17(13-25)21(16-7-3-4-8-18(16)24-19)22(27)28-14-20(26)23-12-15-6-5-11-29-15/h3-8,11H,2,9-10,12-14H2,1H3,(H,23,26). The fourth-order valence-electron chi connectivity index (χ4n) is 3.60. The average molecular weight is 410 g/mol. The molecule has 1 aliphatic rings. The number of hydrogen-bond donors (Lipinski definition) is 1. The van der Waals surface area contributed by atoms with Gasteiger partial charge in [-0.05, 0) is 24.1 Å². The molecule has 29 heavy (non-hydrogen) atoms. The van der Waals surface area contributed by atoms with Crippen LogP contribution in [0.25, 0.3) is 10.9 Å². The summed E-state index contributed by atoms with van der Waals surface area (Å²) in [5.41, 5.74) is 3.18. The summed E-state index contributed by atoms with van der Waals surface area (Å²) in [5.74, 6) is -0.779. The number of likely N-dealkylation sites (N-methyl/N-ethyl adjacent to an activating group) is 1. The van der Waals surface area contributed by atoms with Crippen LogP contribution < -0.4 is 5.32 Å². The lowest BCUT2D eigenvalue weighted by atomic mass is 9.96. The molecular formula is C22H23N3O3S. The van der Waals surface area contributed by atoms with Crippen molar-refractivity contribution in [1.82, 2.24) is 15.2 Å². The minimum Gasteiger partial charge on any atom is -0.452 e. The number of fused-ring (bicyclic) bond motifs is 2. The molecule has 0 spiro atoms. The summed E-state index contributed by atoms with van der Waals surface area (Å²) in [6.45, 7) is 4.74. The second-order valence-corrected chi connectivity index (χ2v) is 8.01. The highest BCUT2D eigenvalue weighted by molar-refractivity contribution is 7.09. The van der Waals surface area contributed by atoms with Crippen molar-refractivity contribution in [3.05, 3.63) is 63.5 Å². The van der Waals surface area contributed by atoms with Gasteiger partial charge >= 0.3 is 5.97 Å². The lowest BCUT2D eigenvalue weighted by Crippen LogP contribution is -2.33. The van der Waals surface area contributed by atoms with E-state index in [1.54, 1.807) is 11.3 Å². The zero-order valence-electron chi connectivity index (χ0n) is 16.3. The Kier molecular flexibility index (Phi) is 5.87. The molecule has 0 saturated carbocycles. The van der Waals surface area contributed by atoms with E-state index < -0.39 is 5.97 Å². The van der Waals surface area contributed by atoms with Gasteiger partial charge < -0.3 is 10.1 Å². The number of rotatable bonds is 6. The van der Waals surface area contributed by atoms with E-state index in [2.05, 4.69) is 17.1 Å². The largest absolute Gasteiger partial charge is 0.452 e. The first-order valence-electron chi connectivity index (χ1n) is 9.74. The summed E-state index contributed by atoms with van der Waals surface area (Å²) in [6.07, 6.45) is 0.801. The summed E-state index contributed by atoms with van der Waals surface area (Å²) in [6, 6.07) is 11.5. The quantitative estimate of drug-likeness (QED) is 0.634. The molecule has 4 rings (SSSR count). The highest BCUT2D eigenvalue weighted by atomic mass is 32.1. The summed E-state index contributed by atoms with van der Waals surface area (Å²) in [7, 11) is 0. The topological polar surface area (TPSA) is 71.5 Å². The maximum absolute atomic E-state index is 13.0. The van der Waals surface area contributed by atoms with Gasteiger partial charge in [-0.3, -0.25) is 14.7 Å². The summed E-state index contributed by atoms with van der Waals surface area (Å²) < 4.78 is 5.41. The smallest absolute Gasteiger partial charge is 0.339 e. The number of nitrogens with one attached hydrogen (secondary N) is 1. The minimum atomic E-state index is -0.468. The molecule has 7 heteroatoms. The summed E-state index contributed by atoms with van der Waals surface area (Å²) in [5, 5.41) is 5.51. The molecule has 0 radical (unpaired) electrons. The predicted molar refractivity (Wildman–Crippen MR) is 113 cm³/mol. The van der Waals surface area contributed by atoms with Crippen molar-refractivity contribution in [3.63, 3.8) is 0 Å². The molecule has 0 atom stereocenters. The number of carbonyl (C=O) groups excluding carboxylic acids is 2. The Morgan fingerprint density at radius 1 is 1.24 bits per heavy atom. The third-order valence-corrected chi connectivity index (χ3v) is 6.03. The van der Waals surface area contributed by atoms with E-state index in [0.717, 1.165) is 46.5 Å². The molecule has 1 amide bonds. The van der Waals surface area contributed by atoms with Crippen molar-refractivity contribution in [2.75, 3.05) is 19.7 Å². The van der Waals surface area contributed by atoms with Crippen LogP contribution in [0.15, 0.2) is 41.8 Å². The molecule has 150 valence electrons. The summed E-state index contributed by atoms with van der Waals surface area (Å²) >= 11 is 1.57. The maximum atomic E-state index is 13.0. The molecule has 0 saturated heterocycles. The number of amides is 1.